The van der Waals surface area contributed by atoms with Gasteiger partial charge in [-0.15, -0.1) is 18.2 Å². The fraction of sp³-hybridized carbons (Fsp3) is 0.286. The number of nitrogens with one attached hydrogen (secondary N) is 1. The van der Waals surface area contributed by atoms with E-state index in [-0.39, 0.29) is 5.91 Å². The fourth-order valence-corrected chi connectivity index (χ4v) is 3.17. The number of carbonyl (C=O) groups excluding carboxylic acids is 1. The second-order valence-corrected chi connectivity index (χ2v) is 7.74. The summed E-state index contributed by atoms with van der Waals surface area (Å²) in [6.45, 7) is 5.54. The molecule has 2 aromatic heterocycles. The lowest BCUT2D eigenvalue weighted by Crippen LogP contribution is -2.46. The van der Waals surface area contributed by atoms with Crippen LogP contribution in [-0.4, -0.2) is 27.7 Å². The Labute approximate surface area is 168 Å². The number of amides is 1. The molecule has 0 aliphatic rings. The highest BCUT2D eigenvalue weighted by Crippen LogP contribution is 2.25. The number of carbonyl (C=O) groups is 1. The molecule has 2 heterocycles. The van der Waals surface area contributed by atoms with Gasteiger partial charge in [0.25, 0.3) is 5.91 Å². The van der Waals surface area contributed by atoms with Gasteiger partial charge in [0.15, 0.2) is 0 Å². The minimum atomic E-state index is -0.728. The van der Waals surface area contributed by atoms with Crippen LogP contribution in [0.4, 0.5) is 0 Å². The van der Waals surface area contributed by atoms with E-state index in [1.807, 2.05) is 45.2 Å². The average molecular weight is 395 g/mol. The monoisotopic (exact) mass is 395 g/mol. The van der Waals surface area contributed by atoms with Crippen LogP contribution in [0.1, 0.15) is 30.9 Å². The summed E-state index contributed by atoms with van der Waals surface area (Å²) in [6, 6.07) is 9.11. The number of fused-ring (bicyclic) bond motifs is 1. The molecule has 1 aromatic carbocycles. The Morgan fingerprint density at radius 2 is 2.14 bits per heavy atom. The molecule has 1 unspecified atom stereocenters. The summed E-state index contributed by atoms with van der Waals surface area (Å²) in [7, 11) is 0. The summed E-state index contributed by atoms with van der Waals surface area (Å²) >= 11 is 1.30. The van der Waals surface area contributed by atoms with Gasteiger partial charge in [0.2, 0.25) is 5.44 Å². The highest BCUT2D eigenvalue weighted by atomic mass is 32.2. The standard InChI is InChI=1S/C21H21N3O3S/c1-6-14-10-15-11-16(7-8-17(15)22-12-14)26-20(28-5)19(25)23-21(3,4)18-9-13(2)27-24-18/h1,7-12,20H,2-5H3,(H,23,25). The molecule has 7 heteroatoms. The van der Waals surface area contributed by atoms with Gasteiger partial charge in [-0.05, 0) is 51.3 Å². The number of terminal acetylenes is 1. The molecule has 0 bridgehead atoms. The molecule has 1 atom stereocenters. The van der Waals surface area contributed by atoms with Crippen molar-refractivity contribution in [1.82, 2.24) is 15.5 Å². The fourth-order valence-electron chi connectivity index (χ4n) is 2.69. The van der Waals surface area contributed by atoms with Crippen molar-refractivity contribution < 1.29 is 14.1 Å². The quantitative estimate of drug-likeness (QED) is 0.507. The molecule has 0 spiro atoms. The van der Waals surface area contributed by atoms with Crippen LogP contribution in [0.3, 0.4) is 0 Å². The first kappa shape index (κ1) is 19.8. The first-order valence-electron chi connectivity index (χ1n) is 8.64. The van der Waals surface area contributed by atoms with Gasteiger partial charge < -0.3 is 14.6 Å². The molecule has 0 saturated carbocycles. The zero-order chi connectivity index (χ0) is 20.3. The average Bonchev–Trinajstić information content (AvgIpc) is 3.12. The number of benzene rings is 1. The molecule has 0 radical (unpaired) electrons. The zero-order valence-electron chi connectivity index (χ0n) is 16.1. The molecular formula is C21H21N3O3S. The Bertz CT molecular complexity index is 1050. The largest absolute Gasteiger partial charge is 0.470 e. The Morgan fingerprint density at radius 1 is 1.36 bits per heavy atom. The van der Waals surface area contributed by atoms with Gasteiger partial charge in [0.05, 0.1) is 11.1 Å². The number of thioether (sulfide) groups is 1. The van der Waals surface area contributed by atoms with Gasteiger partial charge in [-0.3, -0.25) is 9.78 Å². The molecule has 3 rings (SSSR count). The first-order chi connectivity index (χ1) is 13.3. The SMILES string of the molecule is C#Cc1cnc2ccc(OC(SC)C(=O)NC(C)(C)c3cc(C)on3)cc2c1. The van der Waals surface area contributed by atoms with E-state index in [1.54, 1.807) is 18.3 Å². The molecule has 0 saturated heterocycles. The van der Waals surface area contributed by atoms with Crippen LogP contribution in [0.15, 0.2) is 41.1 Å². The van der Waals surface area contributed by atoms with Crippen LogP contribution in [0.5, 0.6) is 5.75 Å². The van der Waals surface area contributed by atoms with E-state index in [4.69, 9.17) is 15.7 Å². The van der Waals surface area contributed by atoms with E-state index in [0.717, 1.165) is 10.9 Å². The highest BCUT2D eigenvalue weighted by Gasteiger charge is 2.30. The van der Waals surface area contributed by atoms with E-state index in [2.05, 4.69) is 21.4 Å². The number of ether oxygens (including phenoxy) is 1. The predicted molar refractivity (Wildman–Crippen MR) is 110 cm³/mol. The van der Waals surface area contributed by atoms with Crippen molar-refractivity contribution in [3.8, 4) is 18.1 Å². The molecule has 0 fully saturated rings. The summed E-state index contributed by atoms with van der Waals surface area (Å²) in [4.78, 5) is 17.1. The number of aromatic nitrogens is 2. The smallest absolute Gasteiger partial charge is 0.272 e. The molecule has 28 heavy (non-hydrogen) atoms. The summed E-state index contributed by atoms with van der Waals surface area (Å²) < 4.78 is 11.0. The minimum Gasteiger partial charge on any atom is -0.470 e. The van der Waals surface area contributed by atoms with Gasteiger partial charge in [0.1, 0.15) is 17.2 Å². The zero-order valence-corrected chi connectivity index (χ0v) is 17.0. The van der Waals surface area contributed by atoms with Gasteiger partial charge in [-0.1, -0.05) is 11.1 Å². The van der Waals surface area contributed by atoms with Gasteiger partial charge >= 0.3 is 0 Å². The summed E-state index contributed by atoms with van der Waals surface area (Å²) in [5.41, 5.74) is 0.721. The van der Waals surface area contributed by atoms with Crippen LogP contribution in [0, 0.1) is 19.3 Å². The lowest BCUT2D eigenvalue weighted by atomic mass is 10.0. The van der Waals surface area contributed by atoms with Gasteiger partial charge in [-0.2, -0.15) is 0 Å². The Balaban J connectivity index is 1.77. The van der Waals surface area contributed by atoms with Gasteiger partial charge in [0, 0.05) is 23.2 Å². The van der Waals surface area contributed by atoms with Crippen molar-refractivity contribution in [1.29, 1.82) is 0 Å². The van der Waals surface area contributed by atoms with Crippen molar-refractivity contribution in [2.45, 2.75) is 31.7 Å². The number of nitrogens with zero attached hydrogens (tertiary/aromatic N) is 2. The number of pyridine rings is 1. The normalized spacial score (nSPS) is 12.4. The second kappa shape index (κ2) is 7.95. The van der Waals surface area contributed by atoms with E-state index >= 15 is 0 Å². The second-order valence-electron chi connectivity index (χ2n) is 6.85. The maximum Gasteiger partial charge on any atom is 0.272 e. The third-order valence-corrected chi connectivity index (χ3v) is 4.93. The summed E-state index contributed by atoms with van der Waals surface area (Å²) in [5, 5.41) is 7.82. The lowest BCUT2D eigenvalue weighted by Gasteiger charge is -2.26. The molecular weight excluding hydrogens is 374 g/mol. The van der Waals surface area contributed by atoms with Crippen molar-refractivity contribution in [3.05, 3.63) is 53.5 Å². The number of hydrogen-bond donors (Lipinski definition) is 1. The Kier molecular flexibility index (Phi) is 5.61. The van der Waals surface area contributed by atoms with Crippen LogP contribution in [-0.2, 0) is 10.3 Å². The number of rotatable bonds is 6. The molecule has 144 valence electrons. The molecule has 1 amide bonds. The molecule has 0 aliphatic heterocycles. The van der Waals surface area contributed by atoms with E-state index in [1.165, 1.54) is 11.8 Å². The summed E-state index contributed by atoms with van der Waals surface area (Å²) in [5.74, 6) is 3.56. The third kappa shape index (κ3) is 4.29. The van der Waals surface area contributed by atoms with Gasteiger partial charge in [-0.25, -0.2) is 0 Å². The number of hydrogen-bond acceptors (Lipinski definition) is 6. The van der Waals surface area contributed by atoms with Crippen LogP contribution < -0.4 is 10.1 Å². The van der Waals surface area contributed by atoms with E-state index < -0.39 is 11.0 Å². The minimum absolute atomic E-state index is 0.256. The maximum absolute atomic E-state index is 12.8. The topological polar surface area (TPSA) is 77.2 Å². The number of aryl methyl sites for hydroxylation is 1. The molecule has 0 aliphatic carbocycles. The maximum atomic E-state index is 12.8. The molecule has 6 nitrogen and oxygen atoms in total. The van der Waals surface area contributed by atoms with Crippen molar-refractivity contribution in [3.63, 3.8) is 0 Å². The van der Waals surface area contributed by atoms with E-state index in [0.29, 0.717) is 22.8 Å². The van der Waals surface area contributed by atoms with Crippen LogP contribution >= 0.6 is 11.8 Å². The third-order valence-electron chi connectivity index (χ3n) is 4.19. The van der Waals surface area contributed by atoms with Crippen molar-refractivity contribution in [2.75, 3.05) is 6.26 Å². The van der Waals surface area contributed by atoms with Crippen molar-refractivity contribution >= 4 is 28.6 Å². The van der Waals surface area contributed by atoms with E-state index in [9.17, 15) is 4.79 Å². The molecule has 1 N–H and O–H groups in total. The highest BCUT2D eigenvalue weighted by molar-refractivity contribution is 7.99. The Hall–Kier alpha value is -2.98. The Morgan fingerprint density at radius 3 is 2.79 bits per heavy atom. The van der Waals surface area contributed by atoms with Crippen LogP contribution in [0.2, 0.25) is 0 Å². The lowest BCUT2D eigenvalue weighted by molar-refractivity contribution is -0.126. The predicted octanol–water partition coefficient (Wildman–Crippen LogP) is 3.63. The summed E-state index contributed by atoms with van der Waals surface area (Å²) in [6.07, 6.45) is 8.90. The first-order valence-corrected chi connectivity index (χ1v) is 9.93. The van der Waals surface area contributed by atoms with Crippen molar-refractivity contribution in [2.24, 2.45) is 0 Å². The van der Waals surface area contributed by atoms with Crippen LogP contribution in [0.25, 0.3) is 10.9 Å². The molecule has 3 aromatic rings.